The summed E-state index contributed by atoms with van der Waals surface area (Å²) in [6.07, 6.45) is 1.37. The van der Waals surface area contributed by atoms with Crippen LogP contribution in [0.4, 0.5) is 10.5 Å². The molecule has 1 aliphatic heterocycles. The van der Waals surface area contributed by atoms with Gasteiger partial charge in [-0.25, -0.2) is 9.69 Å². The van der Waals surface area contributed by atoms with Crippen LogP contribution in [-0.2, 0) is 9.59 Å². The molecule has 0 bridgehead atoms. The fourth-order valence-corrected chi connectivity index (χ4v) is 3.45. The number of urea groups is 1. The SMILES string of the molecule is CCOc1cc(/C=C2\C(=O)NC(=O)N(c3ccc(C)cc3)C2=O)c(Br)cc1OC(C)C. The number of imide groups is 2. The summed E-state index contributed by atoms with van der Waals surface area (Å²) < 4.78 is 12.1. The molecule has 31 heavy (non-hydrogen) atoms. The molecule has 0 spiro atoms. The molecule has 0 radical (unpaired) electrons. The summed E-state index contributed by atoms with van der Waals surface area (Å²) in [6.45, 7) is 7.98. The summed E-state index contributed by atoms with van der Waals surface area (Å²) in [5, 5.41) is 2.23. The largest absolute Gasteiger partial charge is 0.490 e. The van der Waals surface area contributed by atoms with Crippen LogP contribution in [0.5, 0.6) is 11.5 Å². The van der Waals surface area contributed by atoms with Crippen LogP contribution < -0.4 is 19.7 Å². The molecule has 2 aromatic carbocycles. The zero-order valence-electron chi connectivity index (χ0n) is 17.7. The minimum atomic E-state index is -0.786. The van der Waals surface area contributed by atoms with Gasteiger partial charge in [-0.1, -0.05) is 33.6 Å². The second-order valence-electron chi connectivity index (χ2n) is 7.21. The highest BCUT2D eigenvalue weighted by Gasteiger charge is 2.37. The van der Waals surface area contributed by atoms with Crippen molar-refractivity contribution in [2.24, 2.45) is 0 Å². The number of carbonyl (C=O) groups is 3. The van der Waals surface area contributed by atoms with E-state index in [9.17, 15) is 14.4 Å². The lowest BCUT2D eigenvalue weighted by Gasteiger charge is -2.26. The maximum atomic E-state index is 13.1. The molecule has 0 aliphatic carbocycles. The molecule has 162 valence electrons. The molecule has 1 N–H and O–H groups in total. The highest BCUT2D eigenvalue weighted by atomic mass is 79.9. The molecule has 2 aromatic rings. The number of carbonyl (C=O) groups excluding carboxylic acids is 3. The van der Waals surface area contributed by atoms with Crippen molar-refractivity contribution in [3.05, 3.63) is 57.6 Å². The maximum absolute atomic E-state index is 13.1. The number of ether oxygens (including phenoxy) is 2. The number of hydrogen-bond donors (Lipinski definition) is 1. The summed E-state index contributed by atoms with van der Waals surface area (Å²) in [5.41, 5.74) is 1.73. The molecule has 7 nitrogen and oxygen atoms in total. The molecule has 1 saturated heterocycles. The Kier molecular flexibility index (Phi) is 6.80. The molecule has 0 aromatic heterocycles. The number of aryl methyl sites for hydroxylation is 1. The van der Waals surface area contributed by atoms with Crippen LogP contribution in [0.25, 0.3) is 6.08 Å². The molecule has 1 fully saturated rings. The molecule has 4 amide bonds. The maximum Gasteiger partial charge on any atom is 0.335 e. The average molecular weight is 487 g/mol. The van der Waals surface area contributed by atoms with Gasteiger partial charge in [-0.05, 0) is 63.6 Å². The standard InChI is InChI=1S/C23H23BrN2O5/c1-5-30-19-11-15(18(24)12-20(19)31-13(2)3)10-17-21(27)25-23(29)26(22(17)28)16-8-6-14(4)7-9-16/h6-13H,5H2,1-4H3,(H,25,27,29)/b17-10+. The van der Waals surface area contributed by atoms with Gasteiger partial charge in [0.25, 0.3) is 11.8 Å². The molecule has 0 saturated carbocycles. The van der Waals surface area contributed by atoms with Crippen LogP contribution >= 0.6 is 15.9 Å². The summed E-state index contributed by atoms with van der Waals surface area (Å²) in [4.78, 5) is 38.8. The van der Waals surface area contributed by atoms with Crippen molar-refractivity contribution >= 4 is 45.5 Å². The predicted molar refractivity (Wildman–Crippen MR) is 121 cm³/mol. The van der Waals surface area contributed by atoms with Gasteiger partial charge < -0.3 is 9.47 Å². The van der Waals surface area contributed by atoms with Gasteiger partial charge in [-0.3, -0.25) is 14.9 Å². The number of amides is 4. The molecule has 3 rings (SSSR count). The fraction of sp³-hybridized carbons (Fsp3) is 0.261. The van der Waals surface area contributed by atoms with E-state index < -0.39 is 17.8 Å². The Morgan fingerprint density at radius 1 is 1.10 bits per heavy atom. The lowest BCUT2D eigenvalue weighted by Crippen LogP contribution is -2.54. The van der Waals surface area contributed by atoms with Crippen molar-refractivity contribution in [1.82, 2.24) is 5.32 Å². The summed E-state index contributed by atoms with van der Waals surface area (Å²) >= 11 is 3.47. The first kappa shape index (κ1) is 22.6. The van der Waals surface area contributed by atoms with Gasteiger partial charge in [0, 0.05) is 4.47 Å². The third kappa shape index (κ3) is 4.96. The Hall–Kier alpha value is -3.13. The predicted octanol–water partition coefficient (Wildman–Crippen LogP) is 4.61. The number of rotatable bonds is 6. The summed E-state index contributed by atoms with van der Waals surface area (Å²) in [5.74, 6) is -0.432. The number of nitrogens with one attached hydrogen (secondary N) is 1. The van der Waals surface area contributed by atoms with E-state index in [-0.39, 0.29) is 11.7 Å². The minimum Gasteiger partial charge on any atom is -0.490 e. The first-order valence-corrected chi connectivity index (χ1v) is 10.6. The topological polar surface area (TPSA) is 84.9 Å². The second-order valence-corrected chi connectivity index (χ2v) is 8.07. The highest BCUT2D eigenvalue weighted by molar-refractivity contribution is 9.10. The van der Waals surface area contributed by atoms with Crippen LogP contribution in [0.2, 0.25) is 0 Å². The van der Waals surface area contributed by atoms with Crippen LogP contribution in [0.15, 0.2) is 46.4 Å². The molecule has 0 unspecified atom stereocenters. The van der Waals surface area contributed by atoms with E-state index in [1.54, 1.807) is 36.4 Å². The van der Waals surface area contributed by atoms with Crippen molar-refractivity contribution in [2.45, 2.75) is 33.8 Å². The van der Waals surface area contributed by atoms with Crippen LogP contribution in [0.1, 0.15) is 31.9 Å². The molecular formula is C23H23BrN2O5. The number of halogens is 1. The highest BCUT2D eigenvalue weighted by Crippen LogP contribution is 2.36. The van der Waals surface area contributed by atoms with Gasteiger partial charge in [0.05, 0.1) is 18.4 Å². The van der Waals surface area contributed by atoms with Crippen LogP contribution in [0, 0.1) is 6.92 Å². The lowest BCUT2D eigenvalue weighted by atomic mass is 10.1. The van der Waals surface area contributed by atoms with E-state index in [2.05, 4.69) is 21.2 Å². The van der Waals surface area contributed by atoms with E-state index in [0.29, 0.717) is 33.8 Å². The summed E-state index contributed by atoms with van der Waals surface area (Å²) in [6, 6.07) is 9.51. The monoisotopic (exact) mass is 486 g/mol. The smallest absolute Gasteiger partial charge is 0.335 e. The minimum absolute atomic E-state index is 0.0601. The lowest BCUT2D eigenvalue weighted by molar-refractivity contribution is -0.122. The van der Waals surface area contributed by atoms with E-state index >= 15 is 0 Å². The van der Waals surface area contributed by atoms with Gasteiger partial charge in [0.1, 0.15) is 5.57 Å². The Bertz CT molecular complexity index is 1060. The number of nitrogens with zero attached hydrogens (tertiary/aromatic N) is 1. The molecule has 1 aliphatic rings. The first-order chi connectivity index (χ1) is 14.7. The van der Waals surface area contributed by atoms with Gasteiger partial charge in [-0.15, -0.1) is 0 Å². The van der Waals surface area contributed by atoms with Crippen molar-refractivity contribution in [1.29, 1.82) is 0 Å². The molecule has 1 heterocycles. The number of hydrogen-bond acceptors (Lipinski definition) is 5. The zero-order chi connectivity index (χ0) is 22.7. The third-order valence-corrected chi connectivity index (χ3v) is 5.11. The molecule has 8 heteroatoms. The van der Waals surface area contributed by atoms with Gasteiger partial charge >= 0.3 is 6.03 Å². The van der Waals surface area contributed by atoms with Gasteiger partial charge in [0.2, 0.25) is 0 Å². The van der Waals surface area contributed by atoms with Crippen molar-refractivity contribution in [3.63, 3.8) is 0 Å². The molecule has 0 atom stereocenters. The van der Waals surface area contributed by atoms with E-state index in [4.69, 9.17) is 9.47 Å². The van der Waals surface area contributed by atoms with Crippen molar-refractivity contribution in [2.75, 3.05) is 11.5 Å². The second kappa shape index (κ2) is 9.34. The normalized spacial score (nSPS) is 15.5. The first-order valence-electron chi connectivity index (χ1n) is 9.82. The third-order valence-electron chi connectivity index (χ3n) is 4.42. The Morgan fingerprint density at radius 2 is 1.77 bits per heavy atom. The van der Waals surface area contributed by atoms with Crippen molar-refractivity contribution in [3.8, 4) is 11.5 Å². The van der Waals surface area contributed by atoms with E-state index in [1.807, 2.05) is 27.7 Å². The number of benzene rings is 2. The quantitative estimate of drug-likeness (QED) is 0.475. The van der Waals surface area contributed by atoms with E-state index in [1.165, 1.54) is 6.08 Å². The van der Waals surface area contributed by atoms with Crippen molar-refractivity contribution < 1.29 is 23.9 Å². The Labute approximate surface area is 189 Å². The van der Waals surface area contributed by atoms with Gasteiger partial charge in [0.15, 0.2) is 11.5 Å². The molecular weight excluding hydrogens is 464 g/mol. The summed E-state index contributed by atoms with van der Waals surface area (Å²) in [7, 11) is 0. The van der Waals surface area contributed by atoms with E-state index in [0.717, 1.165) is 10.5 Å². The van der Waals surface area contributed by atoms with Crippen LogP contribution in [0.3, 0.4) is 0 Å². The van der Waals surface area contributed by atoms with Crippen LogP contribution in [-0.4, -0.2) is 30.6 Å². The number of barbiturate groups is 1. The number of anilines is 1. The zero-order valence-corrected chi connectivity index (χ0v) is 19.3. The Morgan fingerprint density at radius 3 is 2.39 bits per heavy atom. The van der Waals surface area contributed by atoms with Gasteiger partial charge in [-0.2, -0.15) is 0 Å². The fourth-order valence-electron chi connectivity index (χ4n) is 3.02. The average Bonchev–Trinajstić information content (AvgIpc) is 2.69. The Balaban J connectivity index is 2.03.